The first kappa shape index (κ1) is 17.6. The van der Waals surface area contributed by atoms with E-state index in [1.807, 2.05) is 43.3 Å². The van der Waals surface area contributed by atoms with Crippen molar-refractivity contribution in [2.45, 2.75) is 19.8 Å². The van der Waals surface area contributed by atoms with Gasteiger partial charge in [0.05, 0.1) is 24.4 Å². The molecule has 1 fully saturated rings. The third kappa shape index (κ3) is 4.23. The Morgan fingerprint density at radius 2 is 2.00 bits per heavy atom. The number of nitrogens with zero attached hydrogens (tertiary/aromatic N) is 3. The van der Waals surface area contributed by atoms with Crippen LogP contribution in [0.15, 0.2) is 48.0 Å². The van der Waals surface area contributed by atoms with Gasteiger partial charge in [-0.05, 0) is 62.1 Å². The number of hydrogen-bond acceptors (Lipinski definition) is 4. The van der Waals surface area contributed by atoms with Gasteiger partial charge in [-0.25, -0.2) is 4.98 Å². The fourth-order valence-electron chi connectivity index (χ4n) is 3.01. The summed E-state index contributed by atoms with van der Waals surface area (Å²) in [4.78, 5) is 6.66. The van der Waals surface area contributed by atoms with Gasteiger partial charge in [0.15, 0.2) is 0 Å². The molecule has 26 heavy (non-hydrogen) atoms. The Kier molecular flexibility index (Phi) is 5.56. The smallest absolute Gasteiger partial charge is 0.142 e. The van der Waals surface area contributed by atoms with Crippen LogP contribution in [-0.4, -0.2) is 25.2 Å². The van der Waals surface area contributed by atoms with Crippen LogP contribution in [0.25, 0.3) is 0 Å². The summed E-state index contributed by atoms with van der Waals surface area (Å²) >= 11 is 0. The Labute approximate surface area is 154 Å². The van der Waals surface area contributed by atoms with Gasteiger partial charge in [-0.3, -0.25) is 0 Å². The van der Waals surface area contributed by atoms with Crippen molar-refractivity contribution in [3.63, 3.8) is 0 Å². The van der Waals surface area contributed by atoms with Crippen LogP contribution in [0.2, 0.25) is 0 Å². The molecular formula is C22H21N3O. The van der Waals surface area contributed by atoms with Crippen molar-refractivity contribution in [2.75, 3.05) is 25.1 Å². The van der Waals surface area contributed by atoms with E-state index in [1.54, 1.807) is 13.2 Å². The van der Waals surface area contributed by atoms with E-state index in [0.717, 1.165) is 48.8 Å². The second kappa shape index (κ2) is 8.23. The van der Waals surface area contributed by atoms with Gasteiger partial charge in [-0.1, -0.05) is 17.6 Å². The molecule has 130 valence electrons. The van der Waals surface area contributed by atoms with E-state index < -0.39 is 0 Å². The molecule has 3 rings (SSSR count). The highest BCUT2D eigenvalue weighted by Gasteiger charge is 2.17. The minimum Gasteiger partial charge on any atom is -0.495 e. The van der Waals surface area contributed by atoms with Crippen molar-refractivity contribution in [2.24, 2.45) is 0 Å². The summed E-state index contributed by atoms with van der Waals surface area (Å²) in [6, 6.07) is 13.6. The van der Waals surface area contributed by atoms with Crippen molar-refractivity contribution < 1.29 is 4.74 Å². The molecule has 0 bridgehead atoms. The lowest BCUT2D eigenvalue weighted by molar-refractivity contribution is 0.413. The summed E-state index contributed by atoms with van der Waals surface area (Å²) in [5, 5.41) is 9.14. The Morgan fingerprint density at radius 3 is 2.69 bits per heavy atom. The third-order valence-electron chi connectivity index (χ3n) is 4.42. The highest BCUT2D eigenvalue weighted by atomic mass is 16.5. The first-order valence-corrected chi connectivity index (χ1v) is 8.66. The molecule has 1 aromatic carbocycles. The van der Waals surface area contributed by atoms with Crippen molar-refractivity contribution in [3.05, 3.63) is 65.0 Å². The normalized spacial score (nSPS) is 13.4. The van der Waals surface area contributed by atoms with E-state index >= 15 is 0 Å². The van der Waals surface area contributed by atoms with E-state index in [2.05, 4.69) is 27.8 Å². The van der Waals surface area contributed by atoms with Crippen LogP contribution in [0.3, 0.4) is 0 Å². The van der Waals surface area contributed by atoms with E-state index in [9.17, 15) is 0 Å². The van der Waals surface area contributed by atoms with Crippen LogP contribution in [0.1, 0.15) is 29.8 Å². The van der Waals surface area contributed by atoms with E-state index in [-0.39, 0.29) is 0 Å². The number of rotatable bonds is 2. The van der Waals surface area contributed by atoms with E-state index in [0.29, 0.717) is 5.56 Å². The molecule has 0 N–H and O–H groups in total. The SMILES string of the molecule is COc1ccc(C#N)cc1N1CCC(=CC#Cc2cccc(C)n2)CC1. The Bertz CT molecular complexity index is 918. The van der Waals surface area contributed by atoms with Crippen LogP contribution in [0, 0.1) is 30.1 Å². The zero-order valence-electron chi connectivity index (χ0n) is 15.1. The quantitative estimate of drug-likeness (QED) is 0.777. The summed E-state index contributed by atoms with van der Waals surface area (Å²) in [6.45, 7) is 3.75. The summed E-state index contributed by atoms with van der Waals surface area (Å²) in [7, 11) is 1.66. The maximum absolute atomic E-state index is 9.14. The fourth-order valence-corrected chi connectivity index (χ4v) is 3.01. The maximum atomic E-state index is 9.14. The van der Waals surface area contributed by atoms with Crippen LogP contribution >= 0.6 is 0 Å². The molecule has 1 saturated heterocycles. The van der Waals surface area contributed by atoms with Gasteiger partial charge in [0, 0.05) is 18.8 Å². The molecule has 1 aromatic heterocycles. The zero-order valence-corrected chi connectivity index (χ0v) is 15.1. The molecule has 4 nitrogen and oxygen atoms in total. The van der Waals surface area contributed by atoms with Crippen molar-refractivity contribution in [3.8, 4) is 23.7 Å². The first-order chi connectivity index (χ1) is 12.7. The number of ether oxygens (including phenoxy) is 1. The number of benzene rings is 1. The minimum atomic E-state index is 0.652. The number of aromatic nitrogens is 1. The molecule has 4 heteroatoms. The lowest BCUT2D eigenvalue weighted by atomic mass is 10.0. The van der Waals surface area contributed by atoms with Gasteiger partial charge in [0.2, 0.25) is 0 Å². The number of allylic oxidation sites excluding steroid dienone is 1. The van der Waals surface area contributed by atoms with Gasteiger partial charge in [0.25, 0.3) is 0 Å². The monoisotopic (exact) mass is 343 g/mol. The molecule has 2 heterocycles. The number of piperidine rings is 1. The molecule has 1 aliphatic heterocycles. The second-order valence-electron chi connectivity index (χ2n) is 6.22. The maximum Gasteiger partial charge on any atom is 0.142 e. The first-order valence-electron chi connectivity index (χ1n) is 8.66. The molecule has 2 aromatic rings. The van der Waals surface area contributed by atoms with Crippen LogP contribution in [-0.2, 0) is 0 Å². The van der Waals surface area contributed by atoms with Crippen molar-refractivity contribution >= 4 is 5.69 Å². The molecule has 0 amide bonds. The summed E-state index contributed by atoms with van der Waals surface area (Å²) < 4.78 is 5.45. The molecule has 0 unspecified atom stereocenters. The highest BCUT2D eigenvalue weighted by molar-refractivity contribution is 5.62. The molecule has 1 aliphatic rings. The lowest BCUT2D eigenvalue weighted by Crippen LogP contribution is -2.30. The molecule has 0 radical (unpaired) electrons. The van der Waals surface area contributed by atoms with E-state index in [1.165, 1.54) is 5.57 Å². The largest absolute Gasteiger partial charge is 0.495 e. The number of nitriles is 1. The average Bonchev–Trinajstić information content (AvgIpc) is 2.68. The number of methoxy groups -OCH3 is 1. The van der Waals surface area contributed by atoms with Gasteiger partial charge >= 0.3 is 0 Å². The second-order valence-corrected chi connectivity index (χ2v) is 6.22. The van der Waals surface area contributed by atoms with Gasteiger partial charge in [0.1, 0.15) is 11.4 Å². The predicted octanol–water partition coefficient (Wildman–Crippen LogP) is 3.85. The minimum absolute atomic E-state index is 0.652. The van der Waals surface area contributed by atoms with Crippen molar-refractivity contribution in [1.29, 1.82) is 5.26 Å². The summed E-state index contributed by atoms with van der Waals surface area (Å²) in [6.07, 6.45) is 3.93. The highest BCUT2D eigenvalue weighted by Crippen LogP contribution is 2.32. The van der Waals surface area contributed by atoms with Crippen LogP contribution < -0.4 is 9.64 Å². The summed E-state index contributed by atoms with van der Waals surface area (Å²) in [5.74, 6) is 7.04. The van der Waals surface area contributed by atoms with E-state index in [4.69, 9.17) is 10.00 Å². The number of hydrogen-bond donors (Lipinski definition) is 0. The molecular weight excluding hydrogens is 322 g/mol. The molecule has 0 atom stereocenters. The van der Waals surface area contributed by atoms with Crippen LogP contribution in [0.5, 0.6) is 5.75 Å². The van der Waals surface area contributed by atoms with Gasteiger partial charge in [-0.15, -0.1) is 0 Å². The van der Waals surface area contributed by atoms with Gasteiger partial charge < -0.3 is 9.64 Å². The molecule has 0 saturated carbocycles. The van der Waals surface area contributed by atoms with Gasteiger partial charge in [-0.2, -0.15) is 5.26 Å². The topological polar surface area (TPSA) is 49.1 Å². The Balaban J connectivity index is 1.67. The zero-order chi connectivity index (χ0) is 18.4. The number of anilines is 1. The Morgan fingerprint density at radius 1 is 1.19 bits per heavy atom. The number of pyridine rings is 1. The molecule has 0 spiro atoms. The third-order valence-corrected chi connectivity index (χ3v) is 4.42. The molecule has 0 aliphatic carbocycles. The fraction of sp³-hybridized carbons (Fsp3) is 0.273. The average molecular weight is 343 g/mol. The lowest BCUT2D eigenvalue weighted by Gasteiger charge is -2.31. The summed E-state index contributed by atoms with van der Waals surface area (Å²) in [5.41, 5.74) is 4.76. The Hall–Kier alpha value is -3.24. The standard InChI is InChI=1S/C22H21N3O/c1-17-5-3-7-20(24-17)8-4-6-18-11-13-25(14-12-18)21-15-19(16-23)9-10-22(21)26-2/h3,5-7,9-10,15H,11-14H2,1-2H3. The van der Waals surface area contributed by atoms with Crippen LogP contribution in [0.4, 0.5) is 5.69 Å². The predicted molar refractivity (Wildman–Crippen MR) is 103 cm³/mol. The number of aryl methyl sites for hydroxylation is 1. The van der Waals surface area contributed by atoms with Crippen molar-refractivity contribution in [1.82, 2.24) is 4.98 Å².